The van der Waals surface area contributed by atoms with Crippen LogP contribution in [0.2, 0.25) is 5.28 Å². The molecule has 5 nitrogen and oxygen atoms in total. The minimum Gasteiger partial charge on any atom is -0.486 e. The van der Waals surface area contributed by atoms with Gasteiger partial charge in [-0.25, -0.2) is 4.98 Å². The second kappa shape index (κ2) is 3.75. The molecule has 0 unspecified atom stereocenters. The van der Waals surface area contributed by atoms with Gasteiger partial charge >= 0.3 is 0 Å². The van der Waals surface area contributed by atoms with Crippen molar-refractivity contribution in [2.75, 3.05) is 25.1 Å². The van der Waals surface area contributed by atoms with Crippen LogP contribution in [0.4, 0.5) is 5.82 Å². The first-order valence-corrected chi connectivity index (χ1v) is 5.67. The van der Waals surface area contributed by atoms with E-state index in [9.17, 15) is 0 Å². The van der Waals surface area contributed by atoms with Crippen LogP contribution in [-0.2, 0) is 4.74 Å². The van der Waals surface area contributed by atoms with E-state index >= 15 is 0 Å². The zero-order chi connectivity index (χ0) is 11.0. The number of hydrogen-bond donors (Lipinski definition) is 1. The average Bonchev–Trinajstić information content (AvgIpc) is 2.29. The molecular weight excluding hydrogens is 230 g/mol. The molecule has 2 aliphatic rings. The number of nitrogens with one attached hydrogen (secondary N) is 1. The number of hydrogen-bond acceptors (Lipinski definition) is 5. The van der Waals surface area contributed by atoms with Gasteiger partial charge in [-0.1, -0.05) is 0 Å². The number of anilines is 1. The molecule has 16 heavy (non-hydrogen) atoms. The van der Waals surface area contributed by atoms with Crippen LogP contribution in [0.5, 0.6) is 5.75 Å². The Morgan fingerprint density at radius 1 is 1.38 bits per heavy atom. The summed E-state index contributed by atoms with van der Waals surface area (Å²) in [7, 11) is 0. The Hall–Kier alpha value is -1.07. The summed E-state index contributed by atoms with van der Waals surface area (Å²) in [6.45, 7) is 2.14. The summed E-state index contributed by atoms with van der Waals surface area (Å²) in [5.74, 6) is 1.36. The third-order valence-electron chi connectivity index (χ3n) is 3.06. The minimum absolute atomic E-state index is 0.0526. The molecule has 2 aliphatic heterocycles. The lowest BCUT2D eigenvalue weighted by Gasteiger charge is -2.41. The molecule has 0 radical (unpaired) electrons. The van der Waals surface area contributed by atoms with E-state index in [2.05, 4.69) is 15.3 Å². The highest BCUT2D eigenvalue weighted by atomic mass is 35.5. The second-order valence-electron chi connectivity index (χ2n) is 4.16. The second-order valence-corrected chi connectivity index (χ2v) is 4.50. The van der Waals surface area contributed by atoms with Crippen LogP contribution in [-0.4, -0.2) is 35.3 Å². The standard InChI is InChI=1S/C10H12ClN3O2/c11-9-12-5-7-8(13-9)14-10(6-16-7)1-3-15-4-2-10/h5H,1-4,6H2,(H,12,13,14). The van der Waals surface area contributed by atoms with E-state index in [1.54, 1.807) is 6.20 Å². The summed E-state index contributed by atoms with van der Waals surface area (Å²) in [5, 5.41) is 3.65. The van der Waals surface area contributed by atoms with Crippen LogP contribution in [0.3, 0.4) is 0 Å². The number of halogens is 1. The molecule has 3 rings (SSSR count). The van der Waals surface area contributed by atoms with E-state index in [1.807, 2.05) is 0 Å². The largest absolute Gasteiger partial charge is 0.486 e. The molecule has 0 aromatic carbocycles. The van der Waals surface area contributed by atoms with Gasteiger partial charge in [-0.05, 0) is 24.4 Å². The molecule has 0 saturated carbocycles. The van der Waals surface area contributed by atoms with Crippen molar-refractivity contribution in [3.8, 4) is 5.75 Å². The highest BCUT2D eigenvalue weighted by molar-refractivity contribution is 6.28. The molecule has 1 aromatic heterocycles. The first kappa shape index (κ1) is 10.1. The molecule has 86 valence electrons. The van der Waals surface area contributed by atoms with Gasteiger partial charge in [0, 0.05) is 13.2 Å². The quantitative estimate of drug-likeness (QED) is 0.698. The van der Waals surface area contributed by atoms with Gasteiger partial charge in [0.2, 0.25) is 5.28 Å². The van der Waals surface area contributed by atoms with Crippen LogP contribution < -0.4 is 10.1 Å². The summed E-state index contributed by atoms with van der Waals surface area (Å²) in [6.07, 6.45) is 3.45. The predicted octanol–water partition coefficient (Wildman–Crippen LogP) is 1.48. The Morgan fingerprint density at radius 2 is 2.19 bits per heavy atom. The van der Waals surface area contributed by atoms with Crippen LogP contribution in [0.25, 0.3) is 0 Å². The number of rotatable bonds is 0. The zero-order valence-electron chi connectivity index (χ0n) is 8.70. The van der Waals surface area contributed by atoms with Crippen molar-refractivity contribution in [3.63, 3.8) is 0 Å². The van der Waals surface area contributed by atoms with Gasteiger partial charge in [-0.15, -0.1) is 0 Å². The Morgan fingerprint density at radius 3 is 3.00 bits per heavy atom. The van der Waals surface area contributed by atoms with Crippen molar-refractivity contribution in [1.82, 2.24) is 9.97 Å². The predicted molar refractivity (Wildman–Crippen MR) is 58.9 cm³/mol. The van der Waals surface area contributed by atoms with Crippen LogP contribution >= 0.6 is 11.6 Å². The summed E-state index contributed by atoms with van der Waals surface area (Å²) in [4.78, 5) is 8.03. The normalized spacial score (nSPS) is 22.1. The first-order chi connectivity index (χ1) is 7.77. The molecule has 0 amide bonds. The van der Waals surface area contributed by atoms with E-state index < -0.39 is 0 Å². The lowest BCUT2D eigenvalue weighted by Crippen LogP contribution is -2.50. The van der Waals surface area contributed by atoms with Gasteiger partial charge in [0.25, 0.3) is 0 Å². The fourth-order valence-corrected chi connectivity index (χ4v) is 2.21. The molecule has 6 heteroatoms. The van der Waals surface area contributed by atoms with Gasteiger partial charge in [-0.3, -0.25) is 0 Å². The molecule has 0 bridgehead atoms. The molecule has 1 N–H and O–H groups in total. The fourth-order valence-electron chi connectivity index (χ4n) is 2.08. The van der Waals surface area contributed by atoms with Crippen molar-refractivity contribution in [1.29, 1.82) is 0 Å². The van der Waals surface area contributed by atoms with Gasteiger partial charge in [0.05, 0.1) is 11.7 Å². The Labute approximate surface area is 98.1 Å². The Kier molecular flexibility index (Phi) is 2.37. The lowest BCUT2D eigenvalue weighted by molar-refractivity contribution is 0.0383. The maximum absolute atomic E-state index is 5.76. The smallest absolute Gasteiger partial charge is 0.224 e. The van der Waals surface area contributed by atoms with Crippen LogP contribution in [0.15, 0.2) is 6.20 Å². The van der Waals surface area contributed by atoms with Gasteiger partial charge < -0.3 is 14.8 Å². The maximum Gasteiger partial charge on any atom is 0.224 e. The van der Waals surface area contributed by atoms with Crippen molar-refractivity contribution < 1.29 is 9.47 Å². The minimum atomic E-state index is -0.0526. The van der Waals surface area contributed by atoms with Crippen LogP contribution in [0, 0.1) is 0 Å². The van der Waals surface area contributed by atoms with Crippen molar-refractivity contribution in [3.05, 3.63) is 11.5 Å². The fraction of sp³-hybridized carbons (Fsp3) is 0.600. The van der Waals surface area contributed by atoms with Gasteiger partial charge in [0.1, 0.15) is 6.61 Å². The summed E-state index contributed by atoms with van der Waals surface area (Å²) < 4.78 is 11.0. The Balaban J connectivity index is 1.89. The molecule has 1 saturated heterocycles. The summed E-state index contributed by atoms with van der Waals surface area (Å²) in [6, 6.07) is 0. The molecule has 1 fully saturated rings. The molecule has 1 aromatic rings. The molecule has 0 aliphatic carbocycles. The Bertz CT molecular complexity index is 407. The highest BCUT2D eigenvalue weighted by Gasteiger charge is 2.37. The highest BCUT2D eigenvalue weighted by Crippen LogP contribution is 2.35. The zero-order valence-corrected chi connectivity index (χ0v) is 9.46. The van der Waals surface area contributed by atoms with Crippen molar-refractivity contribution in [2.24, 2.45) is 0 Å². The first-order valence-electron chi connectivity index (χ1n) is 5.29. The lowest BCUT2D eigenvalue weighted by atomic mass is 9.90. The van der Waals surface area contributed by atoms with E-state index in [4.69, 9.17) is 21.1 Å². The average molecular weight is 242 g/mol. The molecular formula is C10H12ClN3O2. The summed E-state index contributed by atoms with van der Waals surface area (Å²) >= 11 is 5.76. The SMILES string of the molecule is Clc1ncc2c(n1)NC1(CCOCC1)CO2. The third-order valence-corrected chi connectivity index (χ3v) is 3.25. The topological polar surface area (TPSA) is 56.3 Å². The van der Waals surface area contributed by atoms with Crippen molar-refractivity contribution in [2.45, 2.75) is 18.4 Å². The van der Waals surface area contributed by atoms with Gasteiger partial charge in [-0.2, -0.15) is 4.98 Å². The monoisotopic (exact) mass is 241 g/mol. The van der Waals surface area contributed by atoms with E-state index in [-0.39, 0.29) is 10.8 Å². The molecule has 0 atom stereocenters. The maximum atomic E-state index is 5.76. The van der Waals surface area contributed by atoms with Crippen LogP contribution in [0.1, 0.15) is 12.8 Å². The summed E-state index contributed by atoms with van der Waals surface area (Å²) in [5.41, 5.74) is -0.0526. The van der Waals surface area contributed by atoms with Gasteiger partial charge in [0.15, 0.2) is 11.6 Å². The third kappa shape index (κ3) is 1.70. The van der Waals surface area contributed by atoms with E-state index in [1.165, 1.54) is 0 Å². The van der Waals surface area contributed by atoms with Crippen molar-refractivity contribution >= 4 is 17.4 Å². The number of fused-ring (bicyclic) bond motifs is 1. The number of nitrogens with zero attached hydrogens (tertiary/aromatic N) is 2. The molecule has 1 spiro atoms. The molecule has 3 heterocycles. The van der Waals surface area contributed by atoms with E-state index in [0.29, 0.717) is 18.2 Å². The number of aromatic nitrogens is 2. The number of ether oxygens (including phenoxy) is 2. The van der Waals surface area contributed by atoms with E-state index in [0.717, 1.165) is 26.1 Å².